The minimum absolute atomic E-state index is 0.0228. The van der Waals surface area contributed by atoms with Crippen molar-refractivity contribution in [3.63, 3.8) is 0 Å². The lowest BCUT2D eigenvalue weighted by Crippen LogP contribution is -2.01. The van der Waals surface area contributed by atoms with Crippen LogP contribution in [-0.2, 0) is 0 Å². The molecular weight excluding hydrogens is 296 g/mol. The number of aromatic nitrogens is 1. The number of rotatable bonds is 3. The number of halogens is 3. The topological polar surface area (TPSA) is 68.1 Å². The number of benzene rings is 1. The van der Waals surface area contributed by atoms with Crippen molar-refractivity contribution < 1.29 is 9.31 Å². The summed E-state index contributed by atoms with van der Waals surface area (Å²) < 4.78 is 13.5. The largest absolute Gasteiger partial charge is 0.332 e. The number of nitrogens with zero attached hydrogens (tertiary/aromatic N) is 2. The third-order valence-electron chi connectivity index (χ3n) is 2.22. The van der Waals surface area contributed by atoms with Crippen molar-refractivity contribution in [2.75, 3.05) is 5.32 Å². The normalized spacial score (nSPS) is 10.3. The van der Waals surface area contributed by atoms with Gasteiger partial charge in [-0.3, -0.25) is 10.1 Å². The average molecular weight is 302 g/mol. The molecule has 8 heteroatoms. The van der Waals surface area contributed by atoms with Gasteiger partial charge in [-0.2, -0.15) is 0 Å². The van der Waals surface area contributed by atoms with E-state index in [0.717, 1.165) is 6.07 Å². The molecule has 0 unspecified atom stereocenters. The number of hydrogen-bond donors (Lipinski definition) is 1. The summed E-state index contributed by atoms with van der Waals surface area (Å²) in [6, 6.07) is 6.26. The highest BCUT2D eigenvalue weighted by atomic mass is 35.5. The summed E-state index contributed by atoms with van der Waals surface area (Å²) in [6.45, 7) is 0. The van der Waals surface area contributed by atoms with E-state index in [1.165, 1.54) is 24.3 Å². The fraction of sp³-hybridized carbons (Fsp3) is 0. The van der Waals surface area contributed by atoms with Crippen LogP contribution in [-0.4, -0.2) is 9.91 Å². The molecule has 19 heavy (non-hydrogen) atoms. The van der Waals surface area contributed by atoms with Gasteiger partial charge in [0.15, 0.2) is 0 Å². The zero-order valence-electron chi connectivity index (χ0n) is 9.23. The Morgan fingerprint density at radius 2 is 2.00 bits per heavy atom. The minimum atomic E-state index is -0.645. The number of nitrogens with one attached hydrogen (secondary N) is 1. The lowest BCUT2D eigenvalue weighted by atomic mass is 10.3. The third kappa shape index (κ3) is 3.10. The molecule has 0 atom stereocenters. The second-order valence-electron chi connectivity index (χ2n) is 3.51. The molecule has 0 aliphatic carbocycles. The minimum Gasteiger partial charge on any atom is -0.332 e. The molecule has 0 fully saturated rings. The van der Waals surface area contributed by atoms with Gasteiger partial charge in [0.25, 0.3) is 0 Å². The summed E-state index contributed by atoms with van der Waals surface area (Å²) in [5.74, 6) is -0.765. The molecule has 0 bridgehead atoms. The monoisotopic (exact) mass is 301 g/mol. The lowest BCUT2D eigenvalue weighted by Gasteiger charge is -2.07. The molecule has 1 aromatic carbocycles. The highest BCUT2D eigenvalue weighted by molar-refractivity contribution is 6.31. The van der Waals surface area contributed by atoms with Crippen LogP contribution in [0.3, 0.4) is 0 Å². The second-order valence-corrected chi connectivity index (χ2v) is 4.33. The van der Waals surface area contributed by atoms with Crippen LogP contribution in [0, 0.1) is 15.9 Å². The Morgan fingerprint density at radius 1 is 1.26 bits per heavy atom. The fourth-order valence-electron chi connectivity index (χ4n) is 1.39. The molecule has 2 rings (SSSR count). The van der Waals surface area contributed by atoms with Gasteiger partial charge in [0.2, 0.25) is 5.82 Å². The molecule has 0 saturated carbocycles. The zero-order valence-corrected chi connectivity index (χ0v) is 10.7. The molecular formula is C11H6Cl2FN3O2. The van der Waals surface area contributed by atoms with Gasteiger partial charge in [-0.1, -0.05) is 23.2 Å². The highest BCUT2D eigenvalue weighted by Crippen LogP contribution is 2.29. The maximum absolute atomic E-state index is 13.5. The Kier molecular flexibility index (Phi) is 3.82. The molecule has 5 nitrogen and oxygen atoms in total. The van der Waals surface area contributed by atoms with Gasteiger partial charge in [0.05, 0.1) is 10.6 Å². The van der Waals surface area contributed by atoms with Crippen LogP contribution < -0.4 is 5.32 Å². The van der Waals surface area contributed by atoms with Crippen molar-refractivity contribution in [1.82, 2.24) is 4.98 Å². The summed E-state index contributed by atoms with van der Waals surface area (Å²) in [4.78, 5) is 14.0. The standard InChI is InChI=1S/C11H6Cl2FN3O2/c12-6-1-2-7(14)8(5-6)15-11-9(17(18)19)3-4-10(13)16-11/h1-5H,(H,15,16). The quantitative estimate of drug-likeness (QED) is 0.524. The first-order valence-electron chi connectivity index (χ1n) is 5.00. The highest BCUT2D eigenvalue weighted by Gasteiger charge is 2.17. The van der Waals surface area contributed by atoms with E-state index in [2.05, 4.69) is 10.3 Å². The lowest BCUT2D eigenvalue weighted by molar-refractivity contribution is -0.384. The van der Waals surface area contributed by atoms with Gasteiger partial charge in [-0.25, -0.2) is 9.37 Å². The molecule has 1 N–H and O–H groups in total. The van der Waals surface area contributed by atoms with Crippen LogP contribution in [0.25, 0.3) is 0 Å². The van der Waals surface area contributed by atoms with Gasteiger partial charge >= 0.3 is 5.69 Å². The second kappa shape index (κ2) is 5.38. The maximum atomic E-state index is 13.5. The molecule has 0 saturated heterocycles. The van der Waals surface area contributed by atoms with E-state index < -0.39 is 10.7 Å². The Bertz CT molecular complexity index is 652. The van der Waals surface area contributed by atoms with E-state index in [9.17, 15) is 14.5 Å². The smallest absolute Gasteiger partial charge is 0.311 e. The van der Waals surface area contributed by atoms with E-state index in [1.807, 2.05) is 0 Å². The Balaban J connectivity index is 2.45. The molecule has 0 aliphatic heterocycles. The van der Waals surface area contributed by atoms with Gasteiger partial charge < -0.3 is 5.32 Å². The maximum Gasteiger partial charge on any atom is 0.311 e. The van der Waals surface area contributed by atoms with Crippen molar-refractivity contribution in [3.8, 4) is 0 Å². The molecule has 0 radical (unpaired) electrons. The van der Waals surface area contributed by atoms with Crippen molar-refractivity contribution >= 4 is 40.4 Å². The van der Waals surface area contributed by atoms with Gasteiger partial charge in [0, 0.05) is 11.1 Å². The average Bonchev–Trinajstić information content (AvgIpc) is 2.33. The van der Waals surface area contributed by atoms with Gasteiger partial charge in [-0.15, -0.1) is 0 Å². The molecule has 98 valence electrons. The first-order valence-corrected chi connectivity index (χ1v) is 5.76. The Hall–Kier alpha value is -1.92. The van der Waals surface area contributed by atoms with E-state index in [4.69, 9.17) is 23.2 Å². The molecule has 1 aromatic heterocycles. The van der Waals surface area contributed by atoms with Crippen LogP contribution in [0.2, 0.25) is 10.2 Å². The number of pyridine rings is 1. The summed E-state index contributed by atoms with van der Waals surface area (Å²) in [5, 5.41) is 13.7. The summed E-state index contributed by atoms with van der Waals surface area (Å²) in [7, 11) is 0. The van der Waals surface area contributed by atoms with Gasteiger partial charge in [0.1, 0.15) is 11.0 Å². The molecule has 1 heterocycles. The van der Waals surface area contributed by atoms with Crippen LogP contribution in [0.4, 0.5) is 21.6 Å². The van der Waals surface area contributed by atoms with Crippen LogP contribution in [0.15, 0.2) is 30.3 Å². The van der Waals surface area contributed by atoms with Crippen molar-refractivity contribution in [3.05, 3.63) is 56.4 Å². The molecule has 0 spiro atoms. The summed E-state index contributed by atoms with van der Waals surface area (Å²) in [6.07, 6.45) is 0. The van der Waals surface area contributed by atoms with E-state index >= 15 is 0 Å². The first kappa shape index (κ1) is 13.5. The van der Waals surface area contributed by atoms with E-state index in [1.54, 1.807) is 0 Å². The number of anilines is 2. The Morgan fingerprint density at radius 3 is 2.68 bits per heavy atom. The number of nitro groups is 1. The summed E-state index contributed by atoms with van der Waals surface area (Å²) >= 11 is 11.4. The fourth-order valence-corrected chi connectivity index (χ4v) is 1.71. The first-order chi connectivity index (χ1) is 8.97. The van der Waals surface area contributed by atoms with Crippen molar-refractivity contribution in [1.29, 1.82) is 0 Å². The van der Waals surface area contributed by atoms with E-state index in [-0.39, 0.29) is 27.4 Å². The van der Waals surface area contributed by atoms with Crippen molar-refractivity contribution in [2.24, 2.45) is 0 Å². The molecule has 0 aliphatic rings. The van der Waals surface area contributed by atoms with Crippen LogP contribution in [0.1, 0.15) is 0 Å². The predicted octanol–water partition coefficient (Wildman–Crippen LogP) is 4.18. The number of hydrogen-bond acceptors (Lipinski definition) is 4. The Labute approximate surface area is 117 Å². The predicted molar refractivity (Wildman–Crippen MR) is 70.6 cm³/mol. The SMILES string of the molecule is O=[N+]([O-])c1ccc(Cl)nc1Nc1cc(Cl)ccc1F. The van der Waals surface area contributed by atoms with Crippen LogP contribution >= 0.6 is 23.2 Å². The van der Waals surface area contributed by atoms with Crippen LogP contribution in [0.5, 0.6) is 0 Å². The zero-order chi connectivity index (χ0) is 14.0. The van der Waals surface area contributed by atoms with Gasteiger partial charge in [-0.05, 0) is 24.3 Å². The molecule has 2 aromatic rings. The van der Waals surface area contributed by atoms with Crippen molar-refractivity contribution in [2.45, 2.75) is 0 Å². The summed E-state index contributed by atoms with van der Waals surface area (Å²) in [5.41, 5.74) is -0.339. The molecule has 0 amide bonds. The van der Waals surface area contributed by atoms with E-state index in [0.29, 0.717) is 0 Å². The third-order valence-corrected chi connectivity index (χ3v) is 2.66.